The second kappa shape index (κ2) is 5.91. The van der Waals surface area contributed by atoms with Gasteiger partial charge in [0.25, 0.3) is 5.91 Å². The van der Waals surface area contributed by atoms with Crippen molar-refractivity contribution in [3.63, 3.8) is 0 Å². The molecule has 4 heterocycles. The topological polar surface area (TPSA) is 81.3 Å². The molecule has 1 aliphatic heterocycles. The van der Waals surface area contributed by atoms with E-state index in [1.807, 2.05) is 36.4 Å². The molecule has 7 nitrogen and oxygen atoms in total. The second-order valence-corrected chi connectivity index (χ2v) is 6.19. The summed E-state index contributed by atoms with van der Waals surface area (Å²) in [6, 6.07) is 11.1. The number of methoxy groups -OCH3 is 1. The summed E-state index contributed by atoms with van der Waals surface area (Å²) in [5.41, 5.74) is 4.18. The van der Waals surface area contributed by atoms with Crippen molar-refractivity contribution in [1.29, 1.82) is 0 Å². The van der Waals surface area contributed by atoms with Gasteiger partial charge in [-0.25, -0.2) is 9.97 Å². The summed E-state index contributed by atoms with van der Waals surface area (Å²) in [6.45, 7) is 0.442. The lowest BCUT2D eigenvalue weighted by atomic mass is 10.2. The van der Waals surface area contributed by atoms with E-state index in [0.717, 1.165) is 16.8 Å². The fraction of sp³-hybridized carbons (Fsp3) is 0.100. The maximum atomic E-state index is 12.7. The number of fused-ring (bicyclic) bond motifs is 2. The van der Waals surface area contributed by atoms with Gasteiger partial charge >= 0.3 is 0 Å². The molecule has 0 fully saturated rings. The molecule has 0 unspecified atom stereocenters. The van der Waals surface area contributed by atoms with Crippen LogP contribution in [0.2, 0.25) is 0 Å². The Bertz CT molecular complexity index is 1170. The lowest BCUT2D eigenvalue weighted by Gasteiger charge is -2.14. The fourth-order valence-electron chi connectivity index (χ4n) is 3.19. The Labute approximate surface area is 154 Å². The van der Waals surface area contributed by atoms with E-state index in [4.69, 9.17) is 9.15 Å². The van der Waals surface area contributed by atoms with E-state index < -0.39 is 0 Å². The summed E-state index contributed by atoms with van der Waals surface area (Å²) >= 11 is 0. The van der Waals surface area contributed by atoms with Crippen molar-refractivity contribution < 1.29 is 13.9 Å². The lowest BCUT2D eigenvalue weighted by molar-refractivity contribution is 0.0992. The third kappa shape index (κ3) is 2.52. The summed E-state index contributed by atoms with van der Waals surface area (Å²) in [4.78, 5) is 27.3. The van der Waals surface area contributed by atoms with Crippen LogP contribution in [0.5, 0.6) is 5.75 Å². The standard InChI is InChI=1S/C20H14N4O3/c1-26-15-7-13-11-24(20(25)18(13)22-10-15)14-4-5-17-16(8-14)23-19(27-17)12-3-2-6-21-9-12/h2-10H,11H2,1H3. The van der Waals surface area contributed by atoms with E-state index in [-0.39, 0.29) is 5.91 Å². The number of oxazole rings is 1. The largest absolute Gasteiger partial charge is 0.495 e. The molecule has 0 aliphatic carbocycles. The first-order valence-electron chi connectivity index (χ1n) is 8.39. The number of hydrogen-bond donors (Lipinski definition) is 0. The zero-order chi connectivity index (χ0) is 18.4. The first-order chi connectivity index (χ1) is 13.2. The minimum Gasteiger partial charge on any atom is -0.495 e. The zero-order valence-electron chi connectivity index (χ0n) is 14.4. The molecule has 1 aliphatic rings. The molecular weight excluding hydrogens is 344 g/mol. The highest BCUT2D eigenvalue weighted by molar-refractivity contribution is 6.09. The number of anilines is 1. The lowest BCUT2D eigenvalue weighted by Crippen LogP contribution is -2.23. The van der Waals surface area contributed by atoms with Crippen LogP contribution in [0, 0.1) is 0 Å². The summed E-state index contributed by atoms with van der Waals surface area (Å²) in [5, 5.41) is 0. The van der Waals surface area contributed by atoms with Crippen LogP contribution in [0.15, 0.2) is 59.4 Å². The number of rotatable bonds is 3. The maximum absolute atomic E-state index is 12.7. The van der Waals surface area contributed by atoms with Gasteiger partial charge in [-0.2, -0.15) is 0 Å². The fourth-order valence-corrected chi connectivity index (χ4v) is 3.19. The van der Waals surface area contributed by atoms with E-state index in [0.29, 0.717) is 35.0 Å². The van der Waals surface area contributed by atoms with Crippen LogP contribution >= 0.6 is 0 Å². The average molecular weight is 358 g/mol. The van der Waals surface area contributed by atoms with E-state index in [1.165, 1.54) is 0 Å². The SMILES string of the molecule is COc1cnc2c(c1)CN(c1ccc3oc(-c4cccnc4)nc3c1)C2=O. The van der Waals surface area contributed by atoms with E-state index in [9.17, 15) is 4.79 Å². The minimum atomic E-state index is -0.136. The molecule has 4 aromatic rings. The third-order valence-electron chi connectivity index (χ3n) is 4.54. The van der Waals surface area contributed by atoms with Crippen LogP contribution in [0.4, 0.5) is 5.69 Å². The number of carbonyl (C=O) groups excluding carboxylic acids is 1. The van der Waals surface area contributed by atoms with Crippen molar-refractivity contribution in [3.8, 4) is 17.2 Å². The molecule has 5 rings (SSSR count). The highest BCUT2D eigenvalue weighted by Gasteiger charge is 2.30. The van der Waals surface area contributed by atoms with Gasteiger partial charge in [-0.15, -0.1) is 0 Å². The number of nitrogens with zero attached hydrogens (tertiary/aromatic N) is 4. The third-order valence-corrected chi connectivity index (χ3v) is 4.54. The van der Waals surface area contributed by atoms with Gasteiger partial charge in [0.05, 0.1) is 25.4 Å². The van der Waals surface area contributed by atoms with Gasteiger partial charge in [-0.05, 0) is 36.4 Å². The van der Waals surface area contributed by atoms with E-state index >= 15 is 0 Å². The Morgan fingerprint density at radius 2 is 2.11 bits per heavy atom. The number of hydrogen-bond acceptors (Lipinski definition) is 6. The molecular formula is C20H14N4O3. The molecule has 1 aromatic carbocycles. The molecule has 0 saturated heterocycles. The van der Waals surface area contributed by atoms with Gasteiger partial charge in [-0.3, -0.25) is 9.78 Å². The van der Waals surface area contributed by atoms with Crippen molar-refractivity contribution in [3.05, 3.63) is 66.2 Å². The first-order valence-corrected chi connectivity index (χ1v) is 8.39. The van der Waals surface area contributed by atoms with Crippen LogP contribution in [0.1, 0.15) is 16.1 Å². The molecule has 0 N–H and O–H groups in total. The van der Waals surface area contributed by atoms with Gasteiger partial charge < -0.3 is 14.1 Å². The number of ether oxygens (including phenoxy) is 1. The number of amides is 1. The van der Waals surface area contributed by atoms with Crippen molar-refractivity contribution >= 4 is 22.7 Å². The van der Waals surface area contributed by atoms with Crippen molar-refractivity contribution in [2.45, 2.75) is 6.54 Å². The van der Waals surface area contributed by atoms with Gasteiger partial charge in [0.1, 0.15) is 17.0 Å². The predicted molar refractivity (Wildman–Crippen MR) is 98.5 cm³/mol. The van der Waals surface area contributed by atoms with Crippen LogP contribution in [0.25, 0.3) is 22.6 Å². The normalized spacial score (nSPS) is 13.2. The number of pyridine rings is 2. The van der Waals surface area contributed by atoms with Gasteiger partial charge in [0, 0.05) is 23.6 Å². The highest BCUT2D eigenvalue weighted by atomic mass is 16.5. The van der Waals surface area contributed by atoms with Gasteiger partial charge in [0.2, 0.25) is 5.89 Å². The van der Waals surface area contributed by atoms with Crippen LogP contribution in [-0.4, -0.2) is 28.0 Å². The Balaban J connectivity index is 1.51. The quantitative estimate of drug-likeness (QED) is 0.558. The molecule has 27 heavy (non-hydrogen) atoms. The second-order valence-electron chi connectivity index (χ2n) is 6.19. The van der Waals surface area contributed by atoms with Crippen molar-refractivity contribution in [2.24, 2.45) is 0 Å². The molecule has 0 bridgehead atoms. The Morgan fingerprint density at radius 3 is 2.93 bits per heavy atom. The van der Waals surface area contributed by atoms with E-state index in [1.54, 1.807) is 30.6 Å². The van der Waals surface area contributed by atoms with Crippen LogP contribution in [-0.2, 0) is 6.54 Å². The molecule has 3 aromatic heterocycles. The Hall–Kier alpha value is -3.74. The summed E-state index contributed by atoms with van der Waals surface area (Å²) in [7, 11) is 1.58. The molecule has 7 heteroatoms. The van der Waals surface area contributed by atoms with E-state index in [2.05, 4.69) is 15.0 Å². The van der Waals surface area contributed by atoms with Crippen LogP contribution < -0.4 is 9.64 Å². The smallest absolute Gasteiger partial charge is 0.277 e. The van der Waals surface area contributed by atoms with Crippen molar-refractivity contribution in [2.75, 3.05) is 12.0 Å². The Morgan fingerprint density at radius 1 is 1.19 bits per heavy atom. The van der Waals surface area contributed by atoms with Crippen LogP contribution in [0.3, 0.4) is 0 Å². The molecule has 0 atom stereocenters. The predicted octanol–water partition coefficient (Wildman–Crippen LogP) is 3.45. The molecule has 0 spiro atoms. The summed E-state index contributed by atoms with van der Waals surface area (Å²) in [5.74, 6) is 0.997. The summed E-state index contributed by atoms with van der Waals surface area (Å²) < 4.78 is 11.0. The van der Waals surface area contributed by atoms with Crippen molar-refractivity contribution in [1.82, 2.24) is 15.0 Å². The molecule has 132 valence electrons. The number of benzene rings is 1. The molecule has 0 radical (unpaired) electrons. The van der Waals surface area contributed by atoms with Gasteiger partial charge in [0.15, 0.2) is 5.58 Å². The number of carbonyl (C=O) groups is 1. The summed E-state index contributed by atoms with van der Waals surface area (Å²) in [6.07, 6.45) is 4.95. The minimum absolute atomic E-state index is 0.136. The molecule has 1 amide bonds. The van der Waals surface area contributed by atoms with Gasteiger partial charge in [-0.1, -0.05) is 0 Å². The Kier molecular flexibility index (Phi) is 3.39. The number of aromatic nitrogens is 3. The maximum Gasteiger partial charge on any atom is 0.277 e. The highest BCUT2D eigenvalue weighted by Crippen LogP contribution is 2.32. The monoisotopic (exact) mass is 358 g/mol. The first kappa shape index (κ1) is 15.5. The average Bonchev–Trinajstić information content (AvgIpc) is 3.29. The zero-order valence-corrected chi connectivity index (χ0v) is 14.4. The molecule has 0 saturated carbocycles.